The van der Waals surface area contributed by atoms with Crippen molar-refractivity contribution < 1.29 is 27.5 Å². The SMILES string of the molecule is CCC(Cc1cccc(C(F)(F)F)c1)=C(F)C(=O)O. The number of carboxylic acids is 1. The number of rotatable bonds is 4. The largest absolute Gasteiger partial charge is 0.476 e. The molecule has 19 heavy (non-hydrogen) atoms. The van der Waals surface area contributed by atoms with Gasteiger partial charge in [-0.25, -0.2) is 4.79 Å². The molecule has 0 amide bonds. The van der Waals surface area contributed by atoms with Crippen LogP contribution in [0.15, 0.2) is 35.7 Å². The minimum Gasteiger partial charge on any atom is -0.476 e. The van der Waals surface area contributed by atoms with E-state index in [2.05, 4.69) is 0 Å². The van der Waals surface area contributed by atoms with Crippen molar-refractivity contribution in [1.29, 1.82) is 0 Å². The number of allylic oxidation sites excluding steroid dienone is 1. The van der Waals surface area contributed by atoms with Crippen molar-refractivity contribution in [3.8, 4) is 0 Å². The van der Waals surface area contributed by atoms with E-state index in [0.717, 1.165) is 12.1 Å². The van der Waals surface area contributed by atoms with Gasteiger partial charge in [0.15, 0.2) is 0 Å². The highest BCUT2D eigenvalue weighted by Gasteiger charge is 2.30. The molecule has 0 unspecified atom stereocenters. The first-order valence-electron chi connectivity index (χ1n) is 5.52. The Bertz CT molecular complexity index is 504. The fraction of sp³-hybridized carbons (Fsp3) is 0.308. The highest BCUT2D eigenvalue weighted by atomic mass is 19.4. The third-order valence-electron chi connectivity index (χ3n) is 2.60. The second-order valence-electron chi connectivity index (χ2n) is 3.95. The van der Waals surface area contributed by atoms with E-state index in [9.17, 15) is 22.4 Å². The molecule has 2 nitrogen and oxygen atoms in total. The molecule has 0 heterocycles. The lowest BCUT2D eigenvalue weighted by atomic mass is 10.0. The Morgan fingerprint density at radius 2 is 1.95 bits per heavy atom. The van der Waals surface area contributed by atoms with Crippen molar-refractivity contribution in [2.45, 2.75) is 25.9 Å². The summed E-state index contributed by atoms with van der Waals surface area (Å²) in [6, 6.07) is 4.42. The van der Waals surface area contributed by atoms with E-state index in [1.165, 1.54) is 12.1 Å². The van der Waals surface area contributed by atoms with E-state index in [1.54, 1.807) is 6.92 Å². The molecule has 1 N–H and O–H groups in total. The maximum atomic E-state index is 13.3. The lowest BCUT2D eigenvalue weighted by Crippen LogP contribution is -2.06. The molecule has 0 saturated heterocycles. The van der Waals surface area contributed by atoms with E-state index in [0.29, 0.717) is 0 Å². The Balaban J connectivity index is 3.06. The molecule has 0 fully saturated rings. The number of carbonyl (C=O) groups is 1. The molecule has 0 aliphatic rings. The molecule has 0 aliphatic heterocycles. The summed E-state index contributed by atoms with van der Waals surface area (Å²) in [7, 11) is 0. The summed E-state index contributed by atoms with van der Waals surface area (Å²) >= 11 is 0. The normalized spacial score (nSPS) is 13.1. The minimum atomic E-state index is -4.47. The van der Waals surface area contributed by atoms with Gasteiger partial charge in [-0.2, -0.15) is 17.6 Å². The molecule has 1 aromatic carbocycles. The molecule has 0 saturated carbocycles. The average Bonchev–Trinajstić information content (AvgIpc) is 2.34. The lowest BCUT2D eigenvalue weighted by molar-refractivity contribution is -0.137. The van der Waals surface area contributed by atoms with Crippen LogP contribution in [0, 0.1) is 0 Å². The van der Waals surface area contributed by atoms with Gasteiger partial charge in [0.1, 0.15) is 0 Å². The molecule has 6 heteroatoms. The molecule has 0 aliphatic carbocycles. The summed E-state index contributed by atoms with van der Waals surface area (Å²) in [6.45, 7) is 1.55. The van der Waals surface area contributed by atoms with Crippen LogP contribution in [0.4, 0.5) is 17.6 Å². The Morgan fingerprint density at radius 3 is 2.42 bits per heavy atom. The number of carboxylic acid groups (broad SMARTS) is 1. The van der Waals surface area contributed by atoms with Crippen molar-refractivity contribution in [1.82, 2.24) is 0 Å². The molecule has 1 rings (SSSR count). The molecule has 0 aromatic heterocycles. The van der Waals surface area contributed by atoms with Gasteiger partial charge in [0.25, 0.3) is 0 Å². The van der Waals surface area contributed by atoms with Gasteiger partial charge in [0, 0.05) is 0 Å². The summed E-state index contributed by atoms with van der Waals surface area (Å²) in [5, 5.41) is 8.53. The predicted molar refractivity (Wildman–Crippen MR) is 61.2 cm³/mol. The van der Waals surface area contributed by atoms with Gasteiger partial charge in [0.05, 0.1) is 5.56 Å². The summed E-state index contributed by atoms with van der Waals surface area (Å²) in [5.41, 5.74) is -0.647. The van der Waals surface area contributed by atoms with Gasteiger partial charge in [-0.05, 0) is 30.0 Å². The van der Waals surface area contributed by atoms with Gasteiger partial charge >= 0.3 is 12.1 Å². The predicted octanol–water partition coefficient (Wildman–Crippen LogP) is 3.97. The zero-order valence-electron chi connectivity index (χ0n) is 10.1. The first-order chi connectivity index (χ1) is 8.75. The van der Waals surface area contributed by atoms with E-state index in [1.807, 2.05) is 0 Å². The second kappa shape index (κ2) is 5.86. The number of aliphatic carboxylic acids is 1. The van der Waals surface area contributed by atoms with Gasteiger partial charge in [-0.3, -0.25) is 0 Å². The Labute approximate surface area is 107 Å². The van der Waals surface area contributed by atoms with E-state index in [4.69, 9.17) is 5.11 Å². The number of hydrogen-bond donors (Lipinski definition) is 1. The molecule has 0 atom stereocenters. The standard InChI is InChI=1S/C13H12F4O2/c1-2-9(11(14)12(18)19)6-8-4-3-5-10(7-8)13(15,16)17/h3-5,7H,2,6H2,1H3,(H,18,19). The van der Waals surface area contributed by atoms with Gasteiger partial charge in [-0.15, -0.1) is 0 Å². The average molecular weight is 276 g/mol. The lowest BCUT2D eigenvalue weighted by Gasteiger charge is -2.10. The quantitative estimate of drug-likeness (QED) is 0.667. The van der Waals surface area contributed by atoms with E-state index >= 15 is 0 Å². The third kappa shape index (κ3) is 4.08. The van der Waals surface area contributed by atoms with Crippen LogP contribution in [0.1, 0.15) is 24.5 Å². The van der Waals surface area contributed by atoms with Crippen molar-refractivity contribution in [2.24, 2.45) is 0 Å². The Hall–Kier alpha value is -1.85. The first kappa shape index (κ1) is 15.2. The maximum absolute atomic E-state index is 13.3. The summed E-state index contributed by atoms with van der Waals surface area (Å²) in [5.74, 6) is -3.01. The van der Waals surface area contributed by atoms with E-state index < -0.39 is 23.5 Å². The van der Waals surface area contributed by atoms with Crippen LogP contribution in [0.5, 0.6) is 0 Å². The molecular formula is C13H12F4O2. The number of hydrogen-bond acceptors (Lipinski definition) is 1. The van der Waals surface area contributed by atoms with Crippen LogP contribution in [0.2, 0.25) is 0 Å². The topological polar surface area (TPSA) is 37.3 Å². The van der Waals surface area contributed by atoms with Crippen LogP contribution in [-0.2, 0) is 17.4 Å². The van der Waals surface area contributed by atoms with Crippen LogP contribution in [-0.4, -0.2) is 11.1 Å². The fourth-order valence-corrected chi connectivity index (χ4v) is 1.61. The van der Waals surface area contributed by atoms with Crippen molar-refractivity contribution in [3.05, 3.63) is 46.8 Å². The smallest absolute Gasteiger partial charge is 0.416 e. The third-order valence-corrected chi connectivity index (χ3v) is 2.60. The van der Waals surface area contributed by atoms with Crippen LogP contribution < -0.4 is 0 Å². The second-order valence-corrected chi connectivity index (χ2v) is 3.95. The fourth-order valence-electron chi connectivity index (χ4n) is 1.61. The highest BCUT2D eigenvalue weighted by Crippen LogP contribution is 2.30. The zero-order valence-corrected chi connectivity index (χ0v) is 10.1. The monoisotopic (exact) mass is 276 g/mol. The number of alkyl halides is 3. The number of halogens is 4. The Morgan fingerprint density at radius 1 is 1.32 bits per heavy atom. The van der Waals surface area contributed by atoms with Gasteiger partial charge in [-0.1, -0.05) is 25.1 Å². The molecule has 0 spiro atoms. The summed E-state index contributed by atoms with van der Waals surface area (Å²) in [4.78, 5) is 10.5. The zero-order chi connectivity index (χ0) is 14.6. The molecule has 104 valence electrons. The minimum absolute atomic E-state index is 0.0353. The first-order valence-corrected chi connectivity index (χ1v) is 5.52. The summed E-state index contributed by atoms with van der Waals surface area (Å²) in [6.07, 6.45) is -4.51. The van der Waals surface area contributed by atoms with Crippen LogP contribution in [0.3, 0.4) is 0 Å². The molecule has 0 radical (unpaired) electrons. The van der Waals surface area contributed by atoms with Gasteiger partial charge in [0.2, 0.25) is 5.83 Å². The van der Waals surface area contributed by atoms with Gasteiger partial charge < -0.3 is 5.11 Å². The maximum Gasteiger partial charge on any atom is 0.416 e. The van der Waals surface area contributed by atoms with Crippen LogP contribution in [0.25, 0.3) is 0 Å². The van der Waals surface area contributed by atoms with Crippen molar-refractivity contribution in [2.75, 3.05) is 0 Å². The van der Waals surface area contributed by atoms with Crippen LogP contribution >= 0.6 is 0 Å². The molecular weight excluding hydrogens is 264 g/mol. The highest BCUT2D eigenvalue weighted by molar-refractivity contribution is 5.85. The molecule has 0 bridgehead atoms. The number of benzene rings is 1. The molecule has 1 aromatic rings. The Kier molecular flexibility index (Phi) is 4.69. The van der Waals surface area contributed by atoms with Crippen molar-refractivity contribution in [3.63, 3.8) is 0 Å². The van der Waals surface area contributed by atoms with Crippen molar-refractivity contribution >= 4 is 5.97 Å². The van der Waals surface area contributed by atoms with E-state index in [-0.39, 0.29) is 24.0 Å². The summed E-state index contributed by atoms with van der Waals surface area (Å²) < 4.78 is 50.7.